The van der Waals surface area contributed by atoms with Crippen LogP contribution in [0.4, 0.5) is 0 Å². The van der Waals surface area contributed by atoms with Gasteiger partial charge in [-0.1, -0.05) is 50.3 Å². The van der Waals surface area contributed by atoms with Crippen LogP contribution in [-0.4, -0.2) is 55.3 Å². The minimum Gasteiger partial charge on any atom is -0.463 e. The Bertz CT molecular complexity index is 1430. The molecule has 202 valence electrons. The van der Waals surface area contributed by atoms with E-state index >= 15 is 0 Å². The Balaban J connectivity index is 1.56. The Labute approximate surface area is 218 Å². The number of aromatic nitrogens is 5. The van der Waals surface area contributed by atoms with E-state index in [0.29, 0.717) is 6.54 Å². The predicted molar refractivity (Wildman–Crippen MR) is 135 cm³/mol. The summed E-state index contributed by atoms with van der Waals surface area (Å²) in [6.07, 6.45) is 0.688. The summed E-state index contributed by atoms with van der Waals surface area (Å²) in [6, 6.07) is 8.20. The number of rotatable bonds is 7. The molecule has 1 aliphatic heterocycles. The van der Waals surface area contributed by atoms with Gasteiger partial charge in [0, 0.05) is 26.5 Å². The van der Waals surface area contributed by atoms with Crippen LogP contribution in [-0.2, 0) is 35.8 Å². The number of nitrogens with zero attached hydrogens (tertiary/aromatic N) is 4. The normalized spacial score (nSPS) is 19.3. The fourth-order valence-corrected chi connectivity index (χ4v) is 4.24. The van der Waals surface area contributed by atoms with E-state index < -0.39 is 41.6 Å². The molecule has 1 saturated heterocycles. The van der Waals surface area contributed by atoms with Crippen LogP contribution in [0.5, 0.6) is 0 Å². The lowest BCUT2D eigenvalue weighted by atomic mass is 9.87. The molecule has 3 heterocycles. The van der Waals surface area contributed by atoms with E-state index in [1.165, 1.54) is 30.2 Å². The second-order valence-electron chi connectivity index (χ2n) is 10.3. The number of carbonyl (C=O) groups excluding carboxylic acids is 2. The number of benzene rings is 1. The largest absolute Gasteiger partial charge is 0.463 e. The van der Waals surface area contributed by atoms with Crippen molar-refractivity contribution in [2.45, 2.75) is 71.4 Å². The zero-order valence-corrected chi connectivity index (χ0v) is 22.0. The molecule has 1 aromatic carbocycles. The Morgan fingerprint density at radius 3 is 2.45 bits per heavy atom. The molecule has 0 saturated carbocycles. The van der Waals surface area contributed by atoms with Gasteiger partial charge in [0.05, 0.1) is 18.3 Å². The molecule has 1 fully saturated rings. The van der Waals surface area contributed by atoms with Crippen molar-refractivity contribution in [3.8, 4) is 11.3 Å². The van der Waals surface area contributed by atoms with Crippen LogP contribution in [0.25, 0.3) is 11.3 Å². The molecular weight excluding hydrogens is 494 g/mol. The summed E-state index contributed by atoms with van der Waals surface area (Å²) in [5, 5.41) is 8.26. The third kappa shape index (κ3) is 6.25. The zero-order chi connectivity index (χ0) is 27.6. The van der Waals surface area contributed by atoms with Crippen LogP contribution >= 0.6 is 0 Å². The zero-order valence-electron chi connectivity index (χ0n) is 22.0. The SMILES string of the molecule is CC(=O)OC[C@H]1O[C@@H](n2cc(-c3cn(Cc4ccc(C(C)(C)C)cc4)nn3)c(=O)[nH]c2=O)C[C@@H]1OC(C)=O. The molecule has 38 heavy (non-hydrogen) atoms. The van der Waals surface area contributed by atoms with Crippen LogP contribution < -0.4 is 11.2 Å². The molecule has 0 spiro atoms. The summed E-state index contributed by atoms with van der Waals surface area (Å²) in [6.45, 7) is 9.24. The van der Waals surface area contributed by atoms with Crippen molar-refractivity contribution >= 4 is 11.9 Å². The van der Waals surface area contributed by atoms with Gasteiger partial charge in [-0.3, -0.25) is 23.9 Å². The number of aromatic amines is 1. The number of nitrogens with one attached hydrogen (secondary N) is 1. The number of carbonyl (C=O) groups is 2. The average molecular weight is 526 g/mol. The van der Waals surface area contributed by atoms with Gasteiger partial charge in [0.2, 0.25) is 0 Å². The average Bonchev–Trinajstić information content (AvgIpc) is 3.44. The first-order chi connectivity index (χ1) is 17.9. The van der Waals surface area contributed by atoms with Crippen LogP contribution in [0.2, 0.25) is 0 Å². The van der Waals surface area contributed by atoms with Gasteiger partial charge >= 0.3 is 17.6 Å². The Morgan fingerprint density at radius 1 is 1.11 bits per heavy atom. The number of H-pyrrole nitrogens is 1. The van der Waals surface area contributed by atoms with Gasteiger partial charge in [0.1, 0.15) is 30.7 Å². The lowest BCUT2D eigenvalue weighted by Crippen LogP contribution is -2.33. The predicted octanol–water partition coefficient (Wildman–Crippen LogP) is 1.92. The van der Waals surface area contributed by atoms with Crippen molar-refractivity contribution in [1.29, 1.82) is 0 Å². The van der Waals surface area contributed by atoms with Crippen molar-refractivity contribution in [1.82, 2.24) is 24.5 Å². The Hall–Kier alpha value is -4.06. The maximum atomic E-state index is 12.6. The minimum absolute atomic E-state index is 0.0464. The highest BCUT2D eigenvalue weighted by atomic mass is 16.6. The maximum Gasteiger partial charge on any atom is 0.330 e. The molecule has 12 nitrogen and oxygen atoms in total. The van der Waals surface area contributed by atoms with Gasteiger partial charge in [-0.15, -0.1) is 5.10 Å². The van der Waals surface area contributed by atoms with E-state index in [-0.39, 0.29) is 29.7 Å². The highest BCUT2D eigenvalue weighted by Crippen LogP contribution is 2.31. The molecule has 1 aliphatic rings. The summed E-state index contributed by atoms with van der Waals surface area (Å²) in [7, 11) is 0. The second-order valence-corrected chi connectivity index (χ2v) is 10.3. The first-order valence-electron chi connectivity index (χ1n) is 12.2. The third-order valence-corrected chi connectivity index (χ3v) is 6.21. The minimum atomic E-state index is -0.876. The molecule has 4 rings (SSSR count). The van der Waals surface area contributed by atoms with Crippen molar-refractivity contribution < 1.29 is 23.8 Å². The van der Waals surface area contributed by atoms with E-state index in [2.05, 4.69) is 48.2 Å². The number of ether oxygens (including phenoxy) is 3. The Kier molecular flexibility index (Phi) is 7.63. The molecule has 3 aromatic rings. The summed E-state index contributed by atoms with van der Waals surface area (Å²) < 4.78 is 19.0. The number of esters is 2. The summed E-state index contributed by atoms with van der Waals surface area (Å²) in [4.78, 5) is 50.4. The highest BCUT2D eigenvalue weighted by molar-refractivity contribution is 5.66. The standard InChI is InChI=1S/C26H31N5O7/c1-15(32)36-14-22-21(37-16(2)33)10-23(38-22)31-12-19(24(34)27-25(31)35)20-13-30(29-28-20)11-17-6-8-18(9-7-17)26(3,4)5/h6-9,12-13,21-23H,10-11,14H2,1-5H3,(H,27,34,35)/t21-,22+,23+/m0/s1. The van der Waals surface area contributed by atoms with Gasteiger partial charge in [0.15, 0.2) is 0 Å². The molecule has 0 bridgehead atoms. The molecule has 0 aliphatic carbocycles. The lowest BCUT2D eigenvalue weighted by Gasteiger charge is -2.19. The third-order valence-electron chi connectivity index (χ3n) is 6.21. The van der Waals surface area contributed by atoms with Crippen molar-refractivity contribution in [2.75, 3.05) is 6.61 Å². The molecule has 0 radical (unpaired) electrons. The Morgan fingerprint density at radius 2 is 1.82 bits per heavy atom. The van der Waals surface area contributed by atoms with E-state index in [4.69, 9.17) is 14.2 Å². The first-order valence-corrected chi connectivity index (χ1v) is 12.2. The first kappa shape index (κ1) is 27.0. The van der Waals surface area contributed by atoms with Crippen LogP contribution in [0.15, 0.2) is 46.2 Å². The highest BCUT2D eigenvalue weighted by Gasteiger charge is 2.40. The van der Waals surface area contributed by atoms with E-state index in [1.807, 2.05) is 12.1 Å². The number of hydrogen-bond donors (Lipinski definition) is 1. The van der Waals surface area contributed by atoms with Crippen molar-refractivity contribution in [2.24, 2.45) is 0 Å². The van der Waals surface area contributed by atoms with Crippen LogP contribution in [0.3, 0.4) is 0 Å². The molecule has 2 aromatic heterocycles. The summed E-state index contributed by atoms with van der Waals surface area (Å²) in [5.74, 6) is -1.05. The van der Waals surface area contributed by atoms with Crippen molar-refractivity contribution in [3.05, 3.63) is 68.6 Å². The fraction of sp³-hybridized carbons (Fsp3) is 0.462. The summed E-state index contributed by atoms with van der Waals surface area (Å²) >= 11 is 0. The smallest absolute Gasteiger partial charge is 0.330 e. The number of hydrogen-bond acceptors (Lipinski definition) is 9. The molecule has 0 unspecified atom stereocenters. The van der Waals surface area contributed by atoms with Gasteiger partial charge in [-0.05, 0) is 16.5 Å². The molecule has 1 N–H and O–H groups in total. The topological polar surface area (TPSA) is 147 Å². The quantitative estimate of drug-likeness (QED) is 0.457. The second kappa shape index (κ2) is 10.7. The lowest BCUT2D eigenvalue weighted by molar-refractivity contribution is -0.155. The van der Waals surface area contributed by atoms with Gasteiger partial charge < -0.3 is 14.2 Å². The molecule has 12 heteroatoms. The molecule has 0 amide bonds. The maximum absolute atomic E-state index is 12.6. The fourth-order valence-electron chi connectivity index (χ4n) is 4.24. The van der Waals surface area contributed by atoms with Gasteiger partial charge in [-0.25, -0.2) is 9.48 Å². The van der Waals surface area contributed by atoms with E-state index in [1.54, 1.807) is 10.9 Å². The van der Waals surface area contributed by atoms with Gasteiger partial charge in [-0.2, -0.15) is 0 Å². The molecule has 3 atom stereocenters. The van der Waals surface area contributed by atoms with Crippen LogP contribution in [0.1, 0.15) is 58.4 Å². The van der Waals surface area contributed by atoms with Crippen LogP contribution in [0, 0.1) is 0 Å². The van der Waals surface area contributed by atoms with Gasteiger partial charge in [0.25, 0.3) is 5.56 Å². The summed E-state index contributed by atoms with van der Waals surface area (Å²) in [5.41, 5.74) is 1.35. The van der Waals surface area contributed by atoms with E-state index in [0.717, 1.165) is 5.56 Å². The monoisotopic (exact) mass is 525 g/mol. The molecular formula is C26H31N5O7. The van der Waals surface area contributed by atoms with Crippen molar-refractivity contribution in [3.63, 3.8) is 0 Å². The van der Waals surface area contributed by atoms with E-state index in [9.17, 15) is 19.2 Å².